The molecule has 0 atom stereocenters. The summed E-state index contributed by atoms with van der Waals surface area (Å²) < 4.78 is 11.7. The summed E-state index contributed by atoms with van der Waals surface area (Å²) in [5, 5.41) is 1.10. The van der Waals surface area contributed by atoms with Crippen LogP contribution in [0.5, 0.6) is 0 Å². The maximum Gasteiger partial charge on any atom is 0.337 e. The first-order valence-electron chi connectivity index (χ1n) is 9.55. The lowest BCUT2D eigenvalue weighted by atomic mass is 10.0. The minimum Gasteiger partial charge on any atom is -0.465 e. The molecule has 0 saturated heterocycles. The number of carbonyl (C=O) groups excluding carboxylic acids is 2. The molecule has 0 fully saturated rings. The van der Waals surface area contributed by atoms with Crippen molar-refractivity contribution in [2.45, 2.75) is 6.42 Å². The minimum absolute atomic E-state index is 0.341. The lowest BCUT2D eigenvalue weighted by molar-refractivity contribution is 0.0592. The smallest absolute Gasteiger partial charge is 0.337 e. The van der Waals surface area contributed by atoms with Gasteiger partial charge in [0.25, 0.3) is 0 Å². The molecule has 0 spiro atoms. The topological polar surface area (TPSA) is 57.5 Å². The number of carbonyl (C=O) groups is 2. The Morgan fingerprint density at radius 2 is 1.43 bits per heavy atom. The fraction of sp³-hybridized carbons (Fsp3) is 0.120. The Morgan fingerprint density at radius 3 is 2.17 bits per heavy atom. The quantitative estimate of drug-likeness (QED) is 0.453. The lowest BCUT2D eigenvalue weighted by Crippen LogP contribution is -2.03. The minimum atomic E-state index is -0.362. The molecule has 1 aromatic heterocycles. The van der Waals surface area contributed by atoms with Crippen molar-refractivity contribution in [1.82, 2.24) is 4.57 Å². The molecule has 5 nitrogen and oxygen atoms in total. The number of methoxy groups -OCH3 is 2. The van der Waals surface area contributed by atoms with Crippen LogP contribution in [-0.2, 0) is 15.9 Å². The molecular weight excluding hydrogens is 378 g/mol. The zero-order valence-corrected chi connectivity index (χ0v) is 16.8. The van der Waals surface area contributed by atoms with Crippen molar-refractivity contribution >= 4 is 22.8 Å². The number of rotatable bonds is 5. The van der Waals surface area contributed by atoms with E-state index in [0.717, 1.165) is 27.7 Å². The predicted molar refractivity (Wildman–Crippen MR) is 115 cm³/mol. The molecule has 0 aliphatic heterocycles. The van der Waals surface area contributed by atoms with E-state index in [4.69, 9.17) is 9.47 Å². The molecule has 0 saturated carbocycles. The SMILES string of the molecule is COC(=O)c1cccc(Cc2ccc3ccn(-c4cccc(C(=O)OC)c4)c3c2)c1. The van der Waals surface area contributed by atoms with Crippen molar-refractivity contribution in [1.29, 1.82) is 0 Å². The normalized spacial score (nSPS) is 10.7. The second kappa shape index (κ2) is 8.25. The van der Waals surface area contributed by atoms with Gasteiger partial charge in [-0.3, -0.25) is 0 Å². The van der Waals surface area contributed by atoms with Crippen LogP contribution >= 0.6 is 0 Å². The molecule has 0 aliphatic rings. The largest absolute Gasteiger partial charge is 0.465 e. The summed E-state index contributed by atoms with van der Waals surface area (Å²) in [6.07, 6.45) is 2.68. The van der Waals surface area contributed by atoms with E-state index in [2.05, 4.69) is 22.8 Å². The molecule has 0 aliphatic carbocycles. The van der Waals surface area contributed by atoms with Crippen LogP contribution in [0.15, 0.2) is 79.0 Å². The van der Waals surface area contributed by atoms with Gasteiger partial charge in [0.2, 0.25) is 0 Å². The van der Waals surface area contributed by atoms with Gasteiger partial charge in [-0.15, -0.1) is 0 Å². The third kappa shape index (κ3) is 3.82. The van der Waals surface area contributed by atoms with E-state index in [1.54, 1.807) is 12.1 Å². The van der Waals surface area contributed by atoms with Gasteiger partial charge >= 0.3 is 11.9 Å². The van der Waals surface area contributed by atoms with Gasteiger partial charge in [0.1, 0.15) is 0 Å². The summed E-state index contributed by atoms with van der Waals surface area (Å²) in [6, 6.07) is 23.2. The molecule has 0 radical (unpaired) electrons. The van der Waals surface area contributed by atoms with Crippen molar-refractivity contribution in [2.75, 3.05) is 14.2 Å². The van der Waals surface area contributed by atoms with Gasteiger partial charge in [-0.05, 0) is 65.4 Å². The highest BCUT2D eigenvalue weighted by atomic mass is 16.5. The molecule has 0 N–H and O–H groups in total. The standard InChI is InChI=1S/C25H21NO4/c1-29-24(27)20-6-3-5-17(14-20)13-18-9-10-19-11-12-26(23(19)15-18)22-8-4-7-21(16-22)25(28)30-2/h3-12,14-16H,13H2,1-2H3. The molecule has 1 heterocycles. The summed E-state index contributed by atoms with van der Waals surface area (Å²) in [5.74, 6) is -0.703. The van der Waals surface area contributed by atoms with Crippen molar-refractivity contribution in [3.05, 3.63) is 101 Å². The lowest BCUT2D eigenvalue weighted by Gasteiger charge is -2.09. The number of esters is 2. The number of hydrogen-bond donors (Lipinski definition) is 0. The van der Waals surface area contributed by atoms with Crippen LogP contribution in [0.4, 0.5) is 0 Å². The van der Waals surface area contributed by atoms with Crippen LogP contribution in [0.3, 0.4) is 0 Å². The fourth-order valence-electron chi connectivity index (χ4n) is 3.57. The van der Waals surface area contributed by atoms with E-state index in [0.29, 0.717) is 17.5 Å². The van der Waals surface area contributed by atoms with Crippen molar-refractivity contribution < 1.29 is 19.1 Å². The molecule has 0 unspecified atom stereocenters. The Balaban J connectivity index is 1.69. The summed E-state index contributed by atoms with van der Waals surface area (Å²) in [4.78, 5) is 23.7. The Hall–Kier alpha value is -3.86. The maximum absolute atomic E-state index is 11.9. The molecule has 150 valence electrons. The van der Waals surface area contributed by atoms with E-state index in [1.165, 1.54) is 14.2 Å². The molecule has 0 amide bonds. The molecule has 5 heteroatoms. The van der Waals surface area contributed by atoms with Crippen molar-refractivity contribution in [3.8, 4) is 5.69 Å². The fourth-order valence-corrected chi connectivity index (χ4v) is 3.57. The first-order chi connectivity index (χ1) is 14.6. The van der Waals surface area contributed by atoms with Crippen molar-refractivity contribution in [2.24, 2.45) is 0 Å². The van der Waals surface area contributed by atoms with Crippen LogP contribution in [-0.4, -0.2) is 30.7 Å². The van der Waals surface area contributed by atoms with Gasteiger partial charge < -0.3 is 14.0 Å². The van der Waals surface area contributed by atoms with Gasteiger partial charge in [-0.1, -0.05) is 30.3 Å². The second-order valence-corrected chi connectivity index (χ2v) is 6.99. The summed E-state index contributed by atoms with van der Waals surface area (Å²) in [6.45, 7) is 0. The maximum atomic E-state index is 11.9. The summed E-state index contributed by atoms with van der Waals surface area (Å²) in [5.41, 5.74) is 5.12. The zero-order chi connectivity index (χ0) is 21.1. The predicted octanol–water partition coefficient (Wildman–Crippen LogP) is 4.79. The zero-order valence-electron chi connectivity index (χ0n) is 16.8. The number of nitrogens with zero attached hydrogens (tertiary/aromatic N) is 1. The van der Waals surface area contributed by atoms with Crippen LogP contribution in [0.25, 0.3) is 16.6 Å². The van der Waals surface area contributed by atoms with Crippen LogP contribution in [0.1, 0.15) is 31.8 Å². The van der Waals surface area contributed by atoms with E-state index in [9.17, 15) is 9.59 Å². The van der Waals surface area contributed by atoms with Gasteiger partial charge in [0.05, 0.1) is 30.9 Å². The summed E-state index contributed by atoms with van der Waals surface area (Å²) >= 11 is 0. The molecule has 30 heavy (non-hydrogen) atoms. The first-order valence-corrected chi connectivity index (χ1v) is 9.55. The van der Waals surface area contributed by atoms with Gasteiger partial charge in [-0.25, -0.2) is 9.59 Å². The molecule has 0 bridgehead atoms. The average Bonchev–Trinajstić information content (AvgIpc) is 3.21. The van der Waals surface area contributed by atoms with Gasteiger partial charge in [0.15, 0.2) is 0 Å². The van der Waals surface area contributed by atoms with E-state index < -0.39 is 0 Å². The monoisotopic (exact) mass is 399 g/mol. The van der Waals surface area contributed by atoms with Gasteiger partial charge in [0, 0.05) is 11.9 Å². The summed E-state index contributed by atoms with van der Waals surface area (Å²) in [7, 11) is 2.76. The van der Waals surface area contributed by atoms with Crippen LogP contribution in [0, 0.1) is 0 Å². The Labute approximate surface area is 174 Å². The van der Waals surface area contributed by atoms with Crippen LogP contribution < -0.4 is 0 Å². The van der Waals surface area contributed by atoms with E-state index in [-0.39, 0.29) is 11.9 Å². The number of hydrogen-bond acceptors (Lipinski definition) is 4. The van der Waals surface area contributed by atoms with E-state index in [1.807, 2.05) is 48.7 Å². The first kappa shape index (κ1) is 19.5. The van der Waals surface area contributed by atoms with Crippen molar-refractivity contribution in [3.63, 3.8) is 0 Å². The molecule has 3 aromatic carbocycles. The highest BCUT2D eigenvalue weighted by molar-refractivity contribution is 5.91. The third-order valence-corrected chi connectivity index (χ3v) is 5.06. The van der Waals surface area contributed by atoms with Crippen LogP contribution in [0.2, 0.25) is 0 Å². The Bertz CT molecular complexity index is 1240. The van der Waals surface area contributed by atoms with Gasteiger partial charge in [-0.2, -0.15) is 0 Å². The Morgan fingerprint density at radius 1 is 0.767 bits per heavy atom. The number of fused-ring (bicyclic) bond motifs is 1. The number of aromatic nitrogens is 1. The molecular formula is C25H21NO4. The second-order valence-electron chi connectivity index (χ2n) is 6.99. The average molecular weight is 399 g/mol. The number of benzene rings is 3. The highest BCUT2D eigenvalue weighted by Gasteiger charge is 2.10. The molecule has 4 rings (SSSR count). The van der Waals surface area contributed by atoms with E-state index >= 15 is 0 Å². The molecule has 4 aromatic rings. The Kier molecular flexibility index (Phi) is 5.35. The highest BCUT2D eigenvalue weighted by Crippen LogP contribution is 2.24. The third-order valence-electron chi connectivity index (χ3n) is 5.06. The number of ether oxygens (including phenoxy) is 2.